The molecule has 0 bridgehead atoms. The quantitative estimate of drug-likeness (QED) is 0.404. The number of aliphatic hydroxyl groups is 1. The summed E-state index contributed by atoms with van der Waals surface area (Å²) in [6, 6.07) is 13.3. The van der Waals surface area contributed by atoms with Gasteiger partial charge in [0.2, 0.25) is 5.91 Å². The number of likely N-dealkylation sites (N-methyl/N-ethyl adjacent to an activating group) is 1. The highest BCUT2D eigenvalue weighted by Crippen LogP contribution is 2.53. The number of hydrogen-bond donors (Lipinski definition) is 2. The number of nitrogens with one attached hydrogen (secondary N) is 1. The zero-order valence-electron chi connectivity index (χ0n) is 20.5. The monoisotopic (exact) mass is 517 g/mol. The van der Waals surface area contributed by atoms with Crippen LogP contribution in [0, 0.1) is 0 Å². The fraction of sp³-hybridized carbons (Fsp3) is 0.464. The lowest BCUT2D eigenvalue weighted by atomic mass is 9.55. The Balaban J connectivity index is 1.59. The number of piperidine rings is 1. The molecule has 2 aliphatic rings. The van der Waals surface area contributed by atoms with Crippen LogP contribution in [0.5, 0.6) is 5.75 Å². The standard InChI is InChI=1S/C28H34Cl2N2O3/c1-4-13-32(2)14-12-27(21-6-5-7-23(17-21)35-3)18-22(10-11-28(27,34)19-32)31-26(33)16-20-8-9-24(29)25(30)15-20/h4-9,15,17,22,34H,1,10-14,16,18-19H2,2-3H3/p+1/t22-,27-,28?,32-/m0/s1. The van der Waals surface area contributed by atoms with Gasteiger partial charge >= 0.3 is 0 Å². The lowest BCUT2D eigenvalue weighted by Gasteiger charge is -2.59. The first-order chi connectivity index (χ1) is 16.6. The summed E-state index contributed by atoms with van der Waals surface area (Å²) < 4.78 is 6.29. The van der Waals surface area contributed by atoms with E-state index >= 15 is 0 Å². The molecule has 4 atom stereocenters. The second-order valence-corrected chi connectivity index (χ2v) is 11.3. The van der Waals surface area contributed by atoms with Gasteiger partial charge in [-0.25, -0.2) is 0 Å². The molecule has 1 saturated heterocycles. The number of halogens is 2. The Morgan fingerprint density at radius 3 is 2.77 bits per heavy atom. The normalized spacial score (nSPS) is 30.3. The lowest BCUT2D eigenvalue weighted by Crippen LogP contribution is -2.71. The molecule has 1 aliphatic heterocycles. The van der Waals surface area contributed by atoms with Gasteiger partial charge in [-0.05, 0) is 60.7 Å². The van der Waals surface area contributed by atoms with Crippen LogP contribution >= 0.6 is 23.2 Å². The van der Waals surface area contributed by atoms with Crippen molar-refractivity contribution >= 4 is 29.1 Å². The van der Waals surface area contributed by atoms with E-state index in [4.69, 9.17) is 27.9 Å². The van der Waals surface area contributed by atoms with E-state index in [0.29, 0.717) is 29.4 Å². The number of quaternary nitrogens is 1. The second-order valence-electron chi connectivity index (χ2n) is 10.5. The van der Waals surface area contributed by atoms with Crippen molar-refractivity contribution in [3.63, 3.8) is 0 Å². The maximum atomic E-state index is 13.0. The molecular weight excluding hydrogens is 483 g/mol. The van der Waals surface area contributed by atoms with E-state index in [1.165, 1.54) is 0 Å². The van der Waals surface area contributed by atoms with Gasteiger partial charge in [0.05, 0.1) is 43.7 Å². The Kier molecular flexibility index (Phi) is 7.54. The summed E-state index contributed by atoms with van der Waals surface area (Å²) in [5.41, 5.74) is 0.537. The molecule has 35 heavy (non-hydrogen) atoms. The highest BCUT2D eigenvalue weighted by molar-refractivity contribution is 6.42. The largest absolute Gasteiger partial charge is 0.497 e. The van der Waals surface area contributed by atoms with Crippen molar-refractivity contribution in [3.8, 4) is 5.75 Å². The summed E-state index contributed by atoms with van der Waals surface area (Å²) in [6.07, 6.45) is 5.02. The van der Waals surface area contributed by atoms with Crippen molar-refractivity contribution in [2.75, 3.05) is 33.8 Å². The molecule has 2 aromatic rings. The Morgan fingerprint density at radius 1 is 1.26 bits per heavy atom. The number of hydrogen-bond acceptors (Lipinski definition) is 3. The number of amides is 1. The van der Waals surface area contributed by atoms with Crippen LogP contribution in [0.15, 0.2) is 55.1 Å². The first kappa shape index (κ1) is 26.0. The number of fused-ring (bicyclic) bond motifs is 1. The highest BCUT2D eigenvalue weighted by Gasteiger charge is 2.61. The average molecular weight is 519 g/mol. The predicted octanol–water partition coefficient (Wildman–Crippen LogP) is 4.92. The first-order valence-electron chi connectivity index (χ1n) is 12.2. The average Bonchev–Trinajstić information content (AvgIpc) is 2.82. The van der Waals surface area contributed by atoms with E-state index in [9.17, 15) is 9.90 Å². The number of nitrogens with zero attached hydrogens (tertiary/aromatic N) is 1. The smallest absolute Gasteiger partial charge is 0.224 e. The first-order valence-corrected chi connectivity index (χ1v) is 12.9. The number of likely N-dealkylation sites (tertiary alicyclic amines) is 1. The maximum Gasteiger partial charge on any atom is 0.224 e. The van der Waals surface area contributed by atoms with Crippen LogP contribution in [0.2, 0.25) is 10.0 Å². The molecule has 4 rings (SSSR count). The summed E-state index contributed by atoms with van der Waals surface area (Å²) in [6.45, 7) is 6.34. The molecule has 7 heteroatoms. The van der Waals surface area contributed by atoms with E-state index in [1.807, 2.05) is 30.3 Å². The highest BCUT2D eigenvalue weighted by atomic mass is 35.5. The molecule has 2 aromatic carbocycles. The number of carbonyl (C=O) groups is 1. The molecule has 1 amide bonds. The van der Waals surface area contributed by atoms with Crippen molar-refractivity contribution in [3.05, 3.63) is 76.3 Å². The summed E-state index contributed by atoms with van der Waals surface area (Å²) in [5, 5.41) is 16.4. The Labute approximate surface area is 218 Å². The van der Waals surface area contributed by atoms with Crippen LogP contribution in [0.4, 0.5) is 0 Å². The zero-order chi connectivity index (χ0) is 25.3. The minimum atomic E-state index is -0.889. The summed E-state index contributed by atoms with van der Waals surface area (Å²) in [5.74, 6) is 0.724. The van der Waals surface area contributed by atoms with Crippen LogP contribution in [0.3, 0.4) is 0 Å². The second kappa shape index (κ2) is 10.1. The molecule has 1 heterocycles. The molecule has 1 saturated carbocycles. The van der Waals surface area contributed by atoms with E-state index < -0.39 is 11.0 Å². The van der Waals surface area contributed by atoms with Gasteiger partial charge in [-0.1, -0.05) is 48.0 Å². The summed E-state index contributed by atoms with van der Waals surface area (Å²) in [7, 11) is 3.86. The molecule has 2 fully saturated rings. The number of benzene rings is 2. The molecule has 1 unspecified atom stereocenters. The lowest BCUT2D eigenvalue weighted by molar-refractivity contribution is -0.918. The van der Waals surface area contributed by atoms with Crippen LogP contribution in [0.25, 0.3) is 0 Å². The van der Waals surface area contributed by atoms with Gasteiger partial charge in [0.1, 0.15) is 17.9 Å². The van der Waals surface area contributed by atoms with Crippen LogP contribution in [-0.2, 0) is 16.6 Å². The minimum Gasteiger partial charge on any atom is -0.497 e. The van der Waals surface area contributed by atoms with Gasteiger partial charge in [-0.3, -0.25) is 4.79 Å². The minimum absolute atomic E-state index is 0.0343. The fourth-order valence-electron chi connectivity index (χ4n) is 6.26. The third-order valence-electron chi connectivity index (χ3n) is 8.02. The summed E-state index contributed by atoms with van der Waals surface area (Å²) >= 11 is 12.1. The molecule has 0 spiro atoms. The van der Waals surface area contributed by atoms with E-state index in [-0.39, 0.29) is 18.4 Å². The van der Waals surface area contributed by atoms with Gasteiger partial charge in [0.25, 0.3) is 0 Å². The van der Waals surface area contributed by atoms with Crippen molar-refractivity contribution in [1.82, 2.24) is 5.32 Å². The topological polar surface area (TPSA) is 58.6 Å². The van der Waals surface area contributed by atoms with Gasteiger partial charge in [-0.15, -0.1) is 0 Å². The van der Waals surface area contributed by atoms with Gasteiger partial charge in [0, 0.05) is 17.9 Å². The molecule has 0 aromatic heterocycles. The molecular formula is C28H35Cl2N2O3+. The van der Waals surface area contributed by atoms with Crippen molar-refractivity contribution in [1.29, 1.82) is 0 Å². The van der Waals surface area contributed by atoms with Crippen molar-refractivity contribution < 1.29 is 19.1 Å². The van der Waals surface area contributed by atoms with E-state index in [0.717, 1.165) is 47.3 Å². The number of ether oxygens (including phenoxy) is 1. The van der Waals surface area contributed by atoms with Crippen LogP contribution in [0.1, 0.15) is 36.8 Å². The number of methoxy groups -OCH3 is 1. The van der Waals surface area contributed by atoms with E-state index in [2.05, 4.69) is 25.0 Å². The third kappa shape index (κ3) is 5.24. The Bertz CT molecular complexity index is 1110. The molecule has 5 nitrogen and oxygen atoms in total. The van der Waals surface area contributed by atoms with Gasteiger partial charge < -0.3 is 19.6 Å². The van der Waals surface area contributed by atoms with Crippen LogP contribution in [-0.4, -0.2) is 60.9 Å². The maximum absolute atomic E-state index is 13.0. The number of rotatable bonds is 7. The predicted molar refractivity (Wildman–Crippen MR) is 141 cm³/mol. The molecule has 188 valence electrons. The Hall–Kier alpha value is -2.05. The summed E-state index contributed by atoms with van der Waals surface area (Å²) in [4.78, 5) is 13.0. The van der Waals surface area contributed by atoms with Crippen molar-refractivity contribution in [2.45, 2.75) is 49.2 Å². The molecule has 1 aliphatic carbocycles. The molecule has 2 N–H and O–H groups in total. The molecule has 0 radical (unpaired) electrons. The van der Waals surface area contributed by atoms with Crippen LogP contribution < -0.4 is 10.1 Å². The SMILES string of the molecule is C=CC[N@@+]1(C)CC[C@@]2(c3cccc(OC)c3)C[C@@H](NC(=O)Cc3ccc(Cl)c(Cl)c3)CCC2(O)C1. The fourth-order valence-corrected chi connectivity index (χ4v) is 6.58. The zero-order valence-corrected chi connectivity index (χ0v) is 22.0. The van der Waals surface area contributed by atoms with Gasteiger partial charge in [0.15, 0.2) is 0 Å². The Morgan fingerprint density at radius 2 is 2.06 bits per heavy atom. The third-order valence-corrected chi connectivity index (χ3v) is 8.76. The number of carbonyl (C=O) groups excluding carboxylic acids is 1. The van der Waals surface area contributed by atoms with E-state index in [1.54, 1.807) is 19.2 Å². The van der Waals surface area contributed by atoms with Gasteiger partial charge in [-0.2, -0.15) is 0 Å². The van der Waals surface area contributed by atoms with Crippen molar-refractivity contribution in [2.24, 2.45) is 0 Å².